The van der Waals surface area contributed by atoms with Gasteiger partial charge in [-0.2, -0.15) is 0 Å². The van der Waals surface area contributed by atoms with E-state index in [0.29, 0.717) is 34.3 Å². The van der Waals surface area contributed by atoms with Crippen molar-refractivity contribution < 1.29 is 9.53 Å². The summed E-state index contributed by atoms with van der Waals surface area (Å²) < 4.78 is 6.26. The summed E-state index contributed by atoms with van der Waals surface area (Å²) in [4.78, 5) is 12.7. The van der Waals surface area contributed by atoms with Crippen LogP contribution in [0.25, 0.3) is 0 Å². The number of carbonyl (C=O) groups excluding carboxylic acids is 1. The number of hydrogen-bond acceptors (Lipinski definition) is 3. The molecule has 5 rings (SSSR count). The predicted octanol–water partition coefficient (Wildman–Crippen LogP) is 4.20. The summed E-state index contributed by atoms with van der Waals surface area (Å²) in [6.07, 6.45) is 6.71. The summed E-state index contributed by atoms with van der Waals surface area (Å²) in [6.45, 7) is 1.92. The maximum absolute atomic E-state index is 12.7. The lowest BCUT2D eigenvalue weighted by atomic mass is 9.54. The normalized spacial score (nSPS) is 31.6. The first kappa shape index (κ1) is 18.2. The molecular weight excluding hydrogens is 412 g/mol. The summed E-state index contributed by atoms with van der Waals surface area (Å²) in [7, 11) is 1.58. The van der Waals surface area contributed by atoms with Crippen LogP contribution in [0.2, 0.25) is 0 Å². The number of thiocarbonyl (C=S) groups is 1. The van der Waals surface area contributed by atoms with E-state index in [1.165, 1.54) is 32.1 Å². The first-order valence-corrected chi connectivity index (χ1v) is 10.6. The highest BCUT2D eigenvalue weighted by Crippen LogP contribution is 2.53. The van der Waals surface area contributed by atoms with E-state index >= 15 is 0 Å². The number of hydrogen-bond donors (Lipinski definition) is 2. The topological polar surface area (TPSA) is 50.4 Å². The zero-order valence-corrected chi connectivity index (χ0v) is 17.6. The van der Waals surface area contributed by atoms with Crippen LogP contribution in [0, 0.1) is 30.6 Å². The molecule has 0 unspecified atom stereocenters. The van der Waals surface area contributed by atoms with Crippen LogP contribution in [0.1, 0.15) is 48.0 Å². The van der Waals surface area contributed by atoms with Gasteiger partial charge in [-0.3, -0.25) is 10.1 Å². The molecule has 0 radical (unpaired) electrons. The number of aryl methyl sites for hydroxylation is 1. The third-order valence-corrected chi connectivity index (χ3v) is 7.12. The maximum Gasteiger partial charge on any atom is 0.261 e. The SMILES string of the molecule is COc1c(C)cc(Br)cc1C(=O)NC(=S)NC1C2CC3CC(C2)CC1C3. The Labute approximate surface area is 168 Å². The molecule has 4 aliphatic carbocycles. The van der Waals surface area contributed by atoms with E-state index in [2.05, 4.69) is 26.6 Å². The van der Waals surface area contributed by atoms with Crippen molar-refractivity contribution in [3.8, 4) is 5.75 Å². The van der Waals surface area contributed by atoms with Crippen molar-refractivity contribution in [3.63, 3.8) is 0 Å². The maximum atomic E-state index is 12.7. The molecule has 0 saturated heterocycles. The molecule has 4 saturated carbocycles. The fourth-order valence-corrected chi connectivity index (χ4v) is 6.49. The molecule has 140 valence electrons. The molecule has 4 bridgehead atoms. The summed E-state index contributed by atoms with van der Waals surface area (Å²) in [6, 6.07) is 4.12. The standard InChI is InChI=1S/C20H25BrN2O2S/c1-10-3-15(21)9-16(18(10)25-2)19(24)23-20(26)22-17-13-5-11-4-12(7-13)8-14(17)6-11/h3,9,11-14,17H,4-8H2,1-2H3,(H2,22,23,24,26). The number of carbonyl (C=O) groups is 1. The van der Waals surface area contributed by atoms with Crippen LogP contribution in [0.15, 0.2) is 16.6 Å². The Bertz CT molecular complexity index is 724. The van der Waals surface area contributed by atoms with Gasteiger partial charge in [0.1, 0.15) is 5.75 Å². The lowest BCUT2D eigenvalue weighted by Crippen LogP contribution is -2.57. The molecule has 26 heavy (non-hydrogen) atoms. The van der Waals surface area contributed by atoms with Crippen LogP contribution in [0.5, 0.6) is 5.75 Å². The first-order valence-electron chi connectivity index (χ1n) is 9.40. The molecule has 0 spiro atoms. The molecule has 1 aromatic carbocycles. The van der Waals surface area contributed by atoms with Crippen molar-refractivity contribution in [2.24, 2.45) is 23.7 Å². The highest BCUT2D eigenvalue weighted by Gasteiger charge is 2.48. The van der Waals surface area contributed by atoms with Crippen LogP contribution in [0.3, 0.4) is 0 Å². The van der Waals surface area contributed by atoms with Gasteiger partial charge in [0.05, 0.1) is 12.7 Å². The van der Waals surface area contributed by atoms with E-state index in [4.69, 9.17) is 17.0 Å². The van der Waals surface area contributed by atoms with E-state index in [-0.39, 0.29) is 5.91 Å². The van der Waals surface area contributed by atoms with Gasteiger partial charge in [-0.15, -0.1) is 0 Å². The fraction of sp³-hybridized carbons (Fsp3) is 0.600. The summed E-state index contributed by atoms with van der Waals surface area (Å²) in [5.41, 5.74) is 1.40. The van der Waals surface area contributed by atoms with Gasteiger partial charge in [-0.1, -0.05) is 15.9 Å². The fourth-order valence-electron chi connectivity index (χ4n) is 5.69. The quantitative estimate of drug-likeness (QED) is 0.697. The highest BCUT2D eigenvalue weighted by molar-refractivity contribution is 9.10. The molecule has 2 N–H and O–H groups in total. The van der Waals surface area contributed by atoms with E-state index in [1.807, 2.05) is 13.0 Å². The Balaban J connectivity index is 1.43. The highest BCUT2D eigenvalue weighted by atomic mass is 79.9. The van der Waals surface area contributed by atoms with Gasteiger partial charge in [0.2, 0.25) is 0 Å². The summed E-state index contributed by atoms with van der Waals surface area (Å²) >= 11 is 8.93. The van der Waals surface area contributed by atoms with Gasteiger partial charge in [0, 0.05) is 10.5 Å². The molecule has 4 aliphatic rings. The van der Waals surface area contributed by atoms with Crippen LogP contribution >= 0.6 is 28.1 Å². The number of amides is 1. The number of benzene rings is 1. The molecule has 0 heterocycles. The minimum atomic E-state index is -0.229. The Kier molecular flexibility index (Phi) is 4.99. The van der Waals surface area contributed by atoms with Crippen LogP contribution in [-0.4, -0.2) is 24.2 Å². The second kappa shape index (κ2) is 7.12. The molecular formula is C20H25BrN2O2S. The number of halogens is 1. The molecule has 6 heteroatoms. The molecule has 0 aromatic heterocycles. The third kappa shape index (κ3) is 3.38. The van der Waals surface area contributed by atoms with Crippen LogP contribution < -0.4 is 15.4 Å². The van der Waals surface area contributed by atoms with E-state index in [9.17, 15) is 4.79 Å². The van der Waals surface area contributed by atoms with Gasteiger partial charge in [0.15, 0.2) is 5.11 Å². The molecule has 4 nitrogen and oxygen atoms in total. The lowest BCUT2D eigenvalue weighted by Gasteiger charge is -2.54. The van der Waals surface area contributed by atoms with Crippen molar-refractivity contribution in [1.29, 1.82) is 0 Å². The van der Waals surface area contributed by atoms with E-state index < -0.39 is 0 Å². The zero-order valence-electron chi connectivity index (χ0n) is 15.2. The minimum Gasteiger partial charge on any atom is -0.496 e. The predicted molar refractivity (Wildman–Crippen MR) is 109 cm³/mol. The van der Waals surface area contributed by atoms with Gasteiger partial charge >= 0.3 is 0 Å². The zero-order chi connectivity index (χ0) is 18.4. The average molecular weight is 437 g/mol. The van der Waals surface area contributed by atoms with Gasteiger partial charge in [-0.25, -0.2) is 0 Å². The average Bonchev–Trinajstić information content (AvgIpc) is 2.56. The number of methoxy groups -OCH3 is 1. The molecule has 1 aromatic rings. The van der Waals surface area contributed by atoms with Gasteiger partial charge < -0.3 is 10.1 Å². The van der Waals surface area contributed by atoms with Gasteiger partial charge in [-0.05, 0) is 92.6 Å². The van der Waals surface area contributed by atoms with E-state index in [1.54, 1.807) is 13.2 Å². The van der Waals surface area contributed by atoms with Crippen molar-refractivity contribution in [2.45, 2.75) is 45.1 Å². The monoisotopic (exact) mass is 436 g/mol. The van der Waals surface area contributed by atoms with E-state index in [0.717, 1.165) is 21.9 Å². The van der Waals surface area contributed by atoms with Gasteiger partial charge in [0.25, 0.3) is 5.91 Å². The third-order valence-electron chi connectivity index (χ3n) is 6.44. The smallest absolute Gasteiger partial charge is 0.261 e. The van der Waals surface area contributed by atoms with Crippen molar-refractivity contribution in [2.75, 3.05) is 7.11 Å². The molecule has 0 atom stereocenters. The lowest BCUT2D eigenvalue weighted by molar-refractivity contribution is -0.00692. The van der Waals surface area contributed by atoms with Crippen molar-refractivity contribution >= 4 is 39.2 Å². The Morgan fingerprint density at radius 3 is 2.35 bits per heavy atom. The number of ether oxygens (including phenoxy) is 1. The first-order chi connectivity index (χ1) is 12.4. The Hall–Kier alpha value is -1.14. The number of nitrogens with one attached hydrogen (secondary N) is 2. The van der Waals surface area contributed by atoms with Crippen LogP contribution in [-0.2, 0) is 0 Å². The second-order valence-electron chi connectivity index (χ2n) is 8.19. The summed E-state index contributed by atoms with van der Waals surface area (Å²) in [5, 5.41) is 6.78. The summed E-state index contributed by atoms with van der Waals surface area (Å²) in [5.74, 6) is 3.63. The second-order valence-corrected chi connectivity index (χ2v) is 9.51. The minimum absolute atomic E-state index is 0.229. The Morgan fingerprint density at radius 2 is 1.77 bits per heavy atom. The largest absolute Gasteiger partial charge is 0.496 e. The van der Waals surface area contributed by atoms with Crippen molar-refractivity contribution in [3.05, 3.63) is 27.7 Å². The molecule has 1 amide bonds. The number of rotatable bonds is 3. The molecule has 0 aliphatic heterocycles. The van der Waals surface area contributed by atoms with Crippen molar-refractivity contribution in [1.82, 2.24) is 10.6 Å². The van der Waals surface area contributed by atoms with Crippen LogP contribution in [0.4, 0.5) is 0 Å². The molecule has 4 fully saturated rings. The Morgan fingerprint density at radius 1 is 1.15 bits per heavy atom.